The third-order valence-corrected chi connectivity index (χ3v) is 5.18. The van der Waals surface area contributed by atoms with Crippen molar-refractivity contribution in [3.8, 4) is 17.1 Å². The van der Waals surface area contributed by atoms with Crippen LogP contribution in [0.25, 0.3) is 11.3 Å². The van der Waals surface area contributed by atoms with E-state index in [4.69, 9.17) is 9.26 Å². The molecule has 1 aromatic carbocycles. The highest BCUT2D eigenvalue weighted by atomic mass is 16.5. The van der Waals surface area contributed by atoms with E-state index in [1.807, 2.05) is 31.3 Å². The molecule has 152 valence electrons. The predicted molar refractivity (Wildman–Crippen MR) is 107 cm³/mol. The van der Waals surface area contributed by atoms with Gasteiger partial charge in [-0.25, -0.2) is 0 Å². The third-order valence-electron chi connectivity index (χ3n) is 5.18. The molecule has 9 heteroatoms. The van der Waals surface area contributed by atoms with Crippen LogP contribution >= 0.6 is 0 Å². The zero-order valence-corrected chi connectivity index (χ0v) is 16.8. The highest BCUT2D eigenvalue weighted by molar-refractivity contribution is 6.04. The molecule has 0 unspecified atom stereocenters. The minimum atomic E-state index is -0.165. The highest BCUT2D eigenvalue weighted by Gasteiger charge is 2.31. The summed E-state index contributed by atoms with van der Waals surface area (Å²) >= 11 is 0. The zero-order valence-electron chi connectivity index (χ0n) is 16.8. The molecule has 0 N–H and O–H groups in total. The molecule has 1 aliphatic heterocycles. The Morgan fingerprint density at radius 3 is 2.59 bits per heavy atom. The maximum absolute atomic E-state index is 13.5. The lowest BCUT2D eigenvalue weighted by Gasteiger charge is -2.20. The second-order valence-electron chi connectivity index (χ2n) is 7.15. The lowest BCUT2D eigenvalue weighted by Crippen LogP contribution is -2.30. The Bertz CT molecular complexity index is 988. The van der Waals surface area contributed by atoms with Crippen LogP contribution in [0, 0.1) is 0 Å². The first-order chi connectivity index (χ1) is 14.1. The van der Waals surface area contributed by atoms with Crippen molar-refractivity contribution in [3.63, 3.8) is 0 Å². The topological polar surface area (TPSA) is 89.5 Å². The average Bonchev–Trinajstić information content (AvgIpc) is 3.48. The first-order valence-corrected chi connectivity index (χ1v) is 9.56. The van der Waals surface area contributed by atoms with Crippen molar-refractivity contribution in [3.05, 3.63) is 42.0 Å². The van der Waals surface area contributed by atoms with E-state index in [9.17, 15) is 4.79 Å². The number of aryl methyl sites for hydroxylation is 1. The lowest BCUT2D eigenvalue weighted by molar-refractivity contribution is 0.0781. The number of aromatic nitrogens is 4. The quantitative estimate of drug-likeness (QED) is 0.632. The fourth-order valence-electron chi connectivity index (χ4n) is 3.48. The summed E-state index contributed by atoms with van der Waals surface area (Å²) in [5.74, 6) is 2.33. The molecule has 2 aromatic heterocycles. The van der Waals surface area contributed by atoms with Crippen LogP contribution in [-0.2, 0) is 13.6 Å². The summed E-state index contributed by atoms with van der Waals surface area (Å²) in [6.07, 6.45) is 3.77. The summed E-state index contributed by atoms with van der Waals surface area (Å²) in [6, 6.07) is 7.41. The van der Waals surface area contributed by atoms with Crippen molar-refractivity contribution in [2.75, 3.05) is 32.1 Å². The van der Waals surface area contributed by atoms with Crippen LogP contribution in [0.4, 0.5) is 5.82 Å². The molecule has 29 heavy (non-hydrogen) atoms. The molecule has 1 saturated heterocycles. The molecule has 1 amide bonds. The molecule has 3 aromatic rings. The summed E-state index contributed by atoms with van der Waals surface area (Å²) in [4.78, 5) is 17.2. The predicted octanol–water partition coefficient (Wildman–Crippen LogP) is 2.35. The van der Waals surface area contributed by atoms with E-state index in [1.165, 1.54) is 0 Å². The minimum Gasteiger partial charge on any atom is -0.497 e. The van der Waals surface area contributed by atoms with Gasteiger partial charge in [0.25, 0.3) is 5.91 Å². The van der Waals surface area contributed by atoms with E-state index in [0.717, 1.165) is 37.2 Å². The molecule has 0 radical (unpaired) electrons. The van der Waals surface area contributed by atoms with Gasteiger partial charge >= 0.3 is 0 Å². The van der Waals surface area contributed by atoms with Crippen LogP contribution in [0.5, 0.6) is 5.75 Å². The monoisotopic (exact) mass is 396 g/mol. The number of carbonyl (C=O) groups excluding carboxylic acids is 1. The van der Waals surface area contributed by atoms with Crippen molar-refractivity contribution < 1.29 is 14.1 Å². The Hall–Kier alpha value is -3.36. The van der Waals surface area contributed by atoms with E-state index < -0.39 is 0 Å². The third kappa shape index (κ3) is 3.67. The lowest BCUT2D eigenvalue weighted by atomic mass is 10.1. The average molecular weight is 396 g/mol. The largest absolute Gasteiger partial charge is 0.497 e. The first-order valence-electron chi connectivity index (χ1n) is 9.56. The number of amides is 1. The number of hydrogen-bond acceptors (Lipinski definition) is 7. The molecule has 9 nitrogen and oxygen atoms in total. The second kappa shape index (κ2) is 7.94. The standard InChI is InChI=1S/C20H24N6O3/c1-24(12-16-22-21-13-25(16)2)20(27)17-18(14-6-8-15(28-3)9-7-14)29-23-19(17)26-10-4-5-11-26/h6-9,13H,4-5,10-12H2,1-3H3. The Kier molecular flexibility index (Phi) is 5.20. The molecule has 0 saturated carbocycles. The van der Waals surface area contributed by atoms with Crippen molar-refractivity contribution in [2.45, 2.75) is 19.4 Å². The zero-order chi connectivity index (χ0) is 20.4. The molecule has 0 atom stereocenters. The van der Waals surface area contributed by atoms with Gasteiger partial charge in [0.05, 0.1) is 13.7 Å². The Morgan fingerprint density at radius 1 is 1.24 bits per heavy atom. The van der Waals surface area contributed by atoms with Gasteiger partial charge in [-0.1, -0.05) is 5.16 Å². The van der Waals surface area contributed by atoms with Gasteiger partial charge in [0.15, 0.2) is 17.4 Å². The number of benzene rings is 1. The maximum Gasteiger partial charge on any atom is 0.261 e. The van der Waals surface area contributed by atoms with Gasteiger partial charge in [-0.15, -0.1) is 10.2 Å². The SMILES string of the molecule is COc1ccc(-c2onc(N3CCCC3)c2C(=O)N(C)Cc2nncn2C)cc1. The number of methoxy groups -OCH3 is 1. The molecule has 3 heterocycles. The molecular formula is C20H24N6O3. The van der Waals surface area contributed by atoms with E-state index in [-0.39, 0.29) is 5.91 Å². The number of hydrogen-bond donors (Lipinski definition) is 0. The van der Waals surface area contributed by atoms with Gasteiger partial charge in [0.1, 0.15) is 17.6 Å². The fraction of sp³-hybridized carbons (Fsp3) is 0.400. The van der Waals surface area contributed by atoms with Crippen LogP contribution in [0.3, 0.4) is 0 Å². The molecule has 4 rings (SSSR count). The molecule has 0 spiro atoms. The van der Waals surface area contributed by atoms with E-state index in [1.54, 1.807) is 30.0 Å². The summed E-state index contributed by atoms with van der Waals surface area (Å²) in [6.45, 7) is 2.06. The molecule has 0 aliphatic carbocycles. The number of nitrogens with zero attached hydrogens (tertiary/aromatic N) is 6. The Labute approximate surface area is 168 Å². The molecule has 1 fully saturated rings. The second-order valence-corrected chi connectivity index (χ2v) is 7.15. The van der Waals surface area contributed by atoms with Gasteiger partial charge in [0, 0.05) is 32.7 Å². The summed E-state index contributed by atoms with van der Waals surface area (Å²) in [5.41, 5.74) is 1.25. The van der Waals surface area contributed by atoms with Crippen LogP contribution in [0.15, 0.2) is 35.1 Å². The van der Waals surface area contributed by atoms with Crippen LogP contribution < -0.4 is 9.64 Å². The van der Waals surface area contributed by atoms with Crippen molar-refractivity contribution in [1.82, 2.24) is 24.8 Å². The number of rotatable bonds is 6. The molecular weight excluding hydrogens is 372 g/mol. The first kappa shape index (κ1) is 19.0. The van der Waals surface area contributed by atoms with Crippen molar-refractivity contribution in [1.29, 1.82) is 0 Å². The van der Waals surface area contributed by atoms with E-state index >= 15 is 0 Å². The fourth-order valence-corrected chi connectivity index (χ4v) is 3.48. The van der Waals surface area contributed by atoms with E-state index in [2.05, 4.69) is 20.3 Å². The van der Waals surface area contributed by atoms with Crippen LogP contribution in [0.2, 0.25) is 0 Å². The number of anilines is 1. The maximum atomic E-state index is 13.5. The van der Waals surface area contributed by atoms with Crippen LogP contribution in [-0.4, -0.2) is 58.0 Å². The number of ether oxygens (including phenoxy) is 1. The van der Waals surface area contributed by atoms with Gasteiger partial charge in [-0.3, -0.25) is 4.79 Å². The van der Waals surface area contributed by atoms with E-state index in [0.29, 0.717) is 29.5 Å². The minimum absolute atomic E-state index is 0.165. The van der Waals surface area contributed by atoms with Crippen LogP contribution in [0.1, 0.15) is 29.0 Å². The summed E-state index contributed by atoms with van der Waals surface area (Å²) in [5, 5.41) is 12.2. The smallest absolute Gasteiger partial charge is 0.261 e. The normalized spacial score (nSPS) is 13.7. The van der Waals surface area contributed by atoms with Crippen molar-refractivity contribution in [2.24, 2.45) is 7.05 Å². The van der Waals surface area contributed by atoms with Gasteiger partial charge in [-0.05, 0) is 37.1 Å². The summed E-state index contributed by atoms with van der Waals surface area (Å²) in [7, 11) is 5.21. The highest BCUT2D eigenvalue weighted by Crippen LogP contribution is 2.34. The van der Waals surface area contributed by atoms with Gasteiger partial charge in [0.2, 0.25) is 0 Å². The number of carbonyl (C=O) groups is 1. The molecule has 1 aliphatic rings. The van der Waals surface area contributed by atoms with Gasteiger partial charge in [-0.2, -0.15) is 0 Å². The molecule has 0 bridgehead atoms. The van der Waals surface area contributed by atoms with Gasteiger partial charge < -0.3 is 23.6 Å². The Balaban J connectivity index is 1.71. The van der Waals surface area contributed by atoms with Crippen molar-refractivity contribution >= 4 is 11.7 Å². The summed E-state index contributed by atoms with van der Waals surface area (Å²) < 4.78 is 12.7. The Morgan fingerprint density at radius 2 is 1.97 bits per heavy atom.